The third kappa shape index (κ3) is 3.11. The van der Waals surface area contributed by atoms with Crippen molar-refractivity contribution in [1.29, 1.82) is 0 Å². The van der Waals surface area contributed by atoms with Gasteiger partial charge in [-0.1, -0.05) is 0 Å². The van der Waals surface area contributed by atoms with Crippen LogP contribution in [0.1, 0.15) is 20.7 Å². The molecule has 0 spiro atoms. The van der Waals surface area contributed by atoms with Crippen molar-refractivity contribution in [2.45, 2.75) is 0 Å². The molecule has 2 rings (SSSR count). The molecular formula is C13H8F2N2O4. The van der Waals surface area contributed by atoms with Crippen LogP contribution < -0.4 is 5.32 Å². The second kappa shape index (κ2) is 5.53. The van der Waals surface area contributed by atoms with E-state index in [2.05, 4.69) is 10.3 Å². The number of carbonyl (C=O) groups is 2. The van der Waals surface area contributed by atoms with Gasteiger partial charge >= 0.3 is 5.97 Å². The first kappa shape index (κ1) is 14.4. The fraction of sp³-hybridized carbons (Fsp3) is 0. The SMILES string of the molecule is O=C(Nc1cc(C(=O)O)c(F)cc1F)c1cncc(O)c1. The molecule has 2 aromatic rings. The average molecular weight is 294 g/mol. The summed E-state index contributed by atoms with van der Waals surface area (Å²) in [6.07, 6.45) is 2.21. The number of hydrogen-bond donors (Lipinski definition) is 3. The molecule has 1 heterocycles. The molecule has 0 aliphatic heterocycles. The first-order valence-electron chi connectivity index (χ1n) is 5.56. The lowest BCUT2D eigenvalue weighted by molar-refractivity contribution is 0.0691. The molecule has 108 valence electrons. The molecule has 1 aromatic heterocycles. The minimum absolute atomic E-state index is 0.0735. The van der Waals surface area contributed by atoms with Crippen molar-refractivity contribution >= 4 is 17.6 Å². The molecule has 0 atom stereocenters. The number of pyridine rings is 1. The van der Waals surface area contributed by atoms with Crippen molar-refractivity contribution in [2.75, 3.05) is 5.32 Å². The number of nitrogens with zero attached hydrogens (tertiary/aromatic N) is 1. The first-order chi connectivity index (χ1) is 9.88. The van der Waals surface area contributed by atoms with Crippen molar-refractivity contribution in [2.24, 2.45) is 0 Å². The zero-order valence-corrected chi connectivity index (χ0v) is 10.3. The molecule has 0 radical (unpaired) electrons. The maximum absolute atomic E-state index is 13.5. The van der Waals surface area contributed by atoms with Crippen molar-refractivity contribution < 1.29 is 28.6 Å². The largest absolute Gasteiger partial charge is 0.506 e. The number of halogens is 2. The number of hydrogen-bond acceptors (Lipinski definition) is 4. The Bertz CT molecular complexity index is 734. The molecule has 0 aliphatic rings. The monoisotopic (exact) mass is 294 g/mol. The molecule has 21 heavy (non-hydrogen) atoms. The van der Waals surface area contributed by atoms with Gasteiger partial charge in [-0.2, -0.15) is 0 Å². The number of carboxylic acid groups (broad SMARTS) is 1. The summed E-state index contributed by atoms with van der Waals surface area (Å²) >= 11 is 0. The maximum Gasteiger partial charge on any atom is 0.338 e. The van der Waals surface area contributed by atoms with Crippen LogP contribution in [0.25, 0.3) is 0 Å². The summed E-state index contributed by atoms with van der Waals surface area (Å²) in [4.78, 5) is 26.2. The van der Waals surface area contributed by atoms with Crippen LogP contribution in [0, 0.1) is 11.6 Å². The summed E-state index contributed by atoms with van der Waals surface area (Å²) in [6.45, 7) is 0. The van der Waals surface area contributed by atoms with Gasteiger partial charge in [-0.15, -0.1) is 0 Å². The van der Waals surface area contributed by atoms with Gasteiger partial charge in [0.15, 0.2) is 0 Å². The highest BCUT2D eigenvalue weighted by Gasteiger charge is 2.17. The molecule has 0 saturated carbocycles. The second-order valence-corrected chi connectivity index (χ2v) is 4.00. The molecule has 3 N–H and O–H groups in total. The smallest absolute Gasteiger partial charge is 0.338 e. The fourth-order valence-corrected chi connectivity index (χ4v) is 1.56. The number of carboxylic acids is 1. The Balaban J connectivity index is 2.33. The van der Waals surface area contributed by atoms with Gasteiger partial charge in [-0.25, -0.2) is 13.6 Å². The van der Waals surface area contributed by atoms with E-state index >= 15 is 0 Å². The third-order valence-electron chi connectivity index (χ3n) is 2.52. The van der Waals surface area contributed by atoms with Crippen LogP contribution >= 0.6 is 0 Å². The van der Waals surface area contributed by atoms with Gasteiger partial charge in [0.2, 0.25) is 0 Å². The number of rotatable bonds is 3. The topological polar surface area (TPSA) is 99.5 Å². The summed E-state index contributed by atoms with van der Waals surface area (Å²) in [5.41, 5.74) is -1.35. The lowest BCUT2D eigenvalue weighted by Gasteiger charge is -2.08. The number of aromatic carboxylic acids is 1. The number of aromatic hydroxyl groups is 1. The highest BCUT2D eigenvalue weighted by Crippen LogP contribution is 2.21. The number of nitrogens with one attached hydrogen (secondary N) is 1. The standard InChI is InChI=1S/C13H8F2N2O4/c14-9-3-10(15)11(2-8(9)13(20)21)17-12(19)6-1-7(18)5-16-4-6/h1-5,18H,(H,17,19)(H,20,21). The van der Waals surface area contributed by atoms with E-state index in [1.54, 1.807) is 0 Å². The summed E-state index contributed by atoms with van der Waals surface area (Å²) < 4.78 is 26.8. The number of aromatic nitrogens is 1. The molecule has 0 bridgehead atoms. The fourth-order valence-electron chi connectivity index (χ4n) is 1.56. The van der Waals surface area contributed by atoms with Crippen LogP contribution in [0.2, 0.25) is 0 Å². The number of carbonyl (C=O) groups excluding carboxylic acids is 1. The molecule has 0 saturated heterocycles. The molecular weight excluding hydrogens is 286 g/mol. The Hall–Kier alpha value is -3.03. The highest BCUT2D eigenvalue weighted by atomic mass is 19.1. The quantitative estimate of drug-likeness (QED) is 0.804. The van der Waals surface area contributed by atoms with Gasteiger partial charge in [0, 0.05) is 12.3 Å². The Labute approximate surface area is 116 Å². The summed E-state index contributed by atoms with van der Waals surface area (Å²) in [7, 11) is 0. The number of anilines is 1. The van der Waals surface area contributed by atoms with Gasteiger partial charge < -0.3 is 15.5 Å². The zero-order valence-electron chi connectivity index (χ0n) is 10.3. The summed E-state index contributed by atoms with van der Waals surface area (Å²) in [5, 5.41) is 20.0. The zero-order chi connectivity index (χ0) is 15.6. The van der Waals surface area contributed by atoms with Crippen molar-refractivity contribution in [1.82, 2.24) is 4.98 Å². The van der Waals surface area contributed by atoms with Crippen LogP contribution in [0.15, 0.2) is 30.6 Å². The van der Waals surface area contributed by atoms with Crippen LogP contribution in [0.4, 0.5) is 14.5 Å². The minimum Gasteiger partial charge on any atom is -0.506 e. The van der Waals surface area contributed by atoms with Crippen molar-refractivity contribution in [3.8, 4) is 5.75 Å². The predicted molar refractivity (Wildman–Crippen MR) is 67.2 cm³/mol. The molecule has 8 heteroatoms. The third-order valence-corrected chi connectivity index (χ3v) is 2.52. The lowest BCUT2D eigenvalue weighted by Crippen LogP contribution is -2.14. The van der Waals surface area contributed by atoms with Gasteiger partial charge in [-0.3, -0.25) is 9.78 Å². The summed E-state index contributed by atoms with van der Waals surface area (Å²) in [6, 6.07) is 2.11. The minimum atomic E-state index is -1.60. The summed E-state index contributed by atoms with van der Waals surface area (Å²) in [5.74, 6) is -5.08. The highest BCUT2D eigenvalue weighted by molar-refractivity contribution is 6.04. The second-order valence-electron chi connectivity index (χ2n) is 4.00. The molecule has 0 aliphatic carbocycles. The van der Waals surface area contributed by atoms with E-state index in [1.165, 1.54) is 0 Å². The Kier molecular flexibility index (Phi) is 3.79. The normalized spacial score (nSPS) is 10.2. The van der Waals surface area contributed by atoms with Gasteiger partial charge in [-0.05, 0) is 12.1 Å². The Morgan fingerprint density at radius 2 is 1.81 bits per heavy atom. The van der Waals surface area contributed by atoms with E-state index in [9.17, 15) is 23.5 Å². The van der Waals surface area contributed by atoms with Crippen LogP contribution in [0.3, 0.4) is 0 Å². The van der Waals surface area contributed by atoms with E-state index in [1.807, 2.05) is 0 Å². The van der Waals surface area contributed by atoms with E-state index in [0.29, 0.717) is 12.1 Å². The number of benzene rings is 1. The van der Waals surface area contributed by atoms with Crippen molar-refractivity contribution in [3.63, 3.8) is 0 Å². The lowest BCUT2D eigenvalue weighted by atomic mass is 10.1. The van der Waals surface area contributed by atoms with Crippen LogP contribution in [-0.4, -0.2) is 27.1 Å². The molecule has 6 nitrogen and oxygen atoms in total. The Morgan fingerprint density at radius 1 is 1.10 bits per heavy atom. The van der Waals surface area contributed by atoms with E-state index in [0.717, 1.165) is 18.5 Å². The van der Waals surface area contributed by atoms with E-state index < -0.39 is 34.8 Å². The first-order valence-corrected chi connectivity index (χ1v) is 5.56. The van der Waals surface area contributed by atoms with Gasteiger partial charge in [0.25, 0.3) is 5.91 Å². The molecule has 0 unspecified atom stereocenters. The van der Waals surface area contributed by atoms with Crippen molar-refractivity contribution in [3.05, 3.63) is 53.4 Å². The molecule has 1 aromatic carbocycles. The Morgan fingerprint density at radius 3 is 2.43 bits per heavy atom. The van der Waals surface area contributed by atoms with Crippen LogP contribution in [0.5, 0.6) is 5.75 Å². The van der Waals surface area contributed by atoms with Crippen LogP contribution in [-0.2, 0) is 0 Å². The molecule has 1 amide bonds. The van der Waals surface area contributed by atoms with E-state index in [4.69, 9.17) is 5.11 Å². The predicted octanol–water partition coefficient (Wildman–Crippen LogP) is 2.02. The van der Waals surface area contributed by atoms with Gasteiger partial charge in [0.1, 0.15) is 17.4 Å². The molecule has 0 fully saturated rings. The van der Waals surface area contributed by atoms with E-state index in [-0.39, 0.29) is 11.3 Å². The number of amides is 1. The average Bonchev–Trinajstić information content (AvgIpc) is 2.41. The maximum atomic E-state index is 13.5. The van der Waals surface area contributed by atoms with Gasteiger partial charge in [0.05, 0.1) is 23.0 Å².